The number of carboxylic acids is 1. The molecule has 1 amide bonds. The van der Waals surface area contributed by atoms with Gasteiger partial charge in [0.2, 0.25) is 5.79 Å². The minimum atomic E-state index is -2.42. The minimum absolute atomic E-state index is 0.0969. The Labute approximate surface area is 415 Å². The normalized spacial score (nSPS) is 38.1. The molecule has 2 bridgehead atoms. The molecule has 3 fully saturated rings. The number of nitrogens with zero attached hydrogens (tertiary/aromatic N) is 1. The van der Waals surface area contributed by atoms with E-state index in [4.69, 9.17) is 44.1 Å². The molecule has 0 aromatic carbocycles. The molecule has 1 saturated carbocycles. The molecule has 1 aliphatic carbocycles. The van der Waals surface area contributed by atoms with E-state index in [1.54, 1.807) is 41.1 Å². The first-order valence-electron chi connectivity index (χ1n) is 25.1. The average Bonchev–Trinajstić information content (AvgIpc) is 3.33. The smallest absolute Gasteiger partial charge is 0.329 e. The largest absolute Gasteiger partial charge is 0.480 e. The quantitative estimate of drug-likeness (QED) is 0.102. The Kier molecular flexibility index (Phi) is 25.0. The first kappa shape index (κ1) is 60.4. The summed E-state index contributed by atoms with van der Waals surface area (Å²) in [6.07, 6.45) is 12.1. The highest BCUT2D eigenvalue weighted by Gasteiger charge is 2.53. The van der Waals surface area contributed by atoms with Crippen LogP contribution in [-0.4, -0.2) is 155 Å². The molecule has 4 aliphatic rings. The van der Waals surface area contributed by atoms with E-state index in [0.717, 1.165) is 12.0 Å². The van der Waals surface area contributed by atoms with Gasteiger partial charge in [-0.05, 0) is 113 Å². The third kappa shape index (κ3) is 17.1. The summed E-state index contributed by atoms with van der Waals surface area (Å²) in [5.41, 5.74) is 1.61. The van der Waals surface area contributed by atoms with Crippen molar-refractivity contribution in [2.24, 2.45) is 35.5 Å². The number of hydrogen-bond acceptors (Lipinski definition) is 15. The van der Waals surface area contributed by atoms with Crippen LogP contribution >= 0.6 is 0 Å². The summed E-state index contributed by atoms with van der Waals surface area (Å²) >= 11 is 0. The maximum Gasteiger partial charge on any atom is 0.329 e. The van der Waals surface area contributed by atoms with E-state index < -0.39 is 90.5 Å². The number of esters is 1. The number of Topliss-reactive ketones (excluding diaryl/α,β-unsaturated/α-hetero) is 2. The van der Waals surface area contributed by atoms with Crippen LogP contribution in [0, 0.1) is 40.9 Å². The number of methoxy groups -OCH3 is 3. The van der Waals surface area contributed by atoms with Crippen molar-refractivity contribution in [1.82, 2.24) is 4.90 Å². The molecule has 3 heterocycles. The number of carbonyl (C=O) groups is 5. The van der Waals surface area contributed by atoms with Crippen LogP contribution in [0.2, 0.25) is 0 Å². The van der Waals surface area contributed by atoms with E-state index in [2.05, 4.69) is 13.0 Å². The zero-order valence-electron chi connectivity index (χ0n) is 43.2. The number of piperidine rings is 1. The van der Waals surface area contributed by atoms with Crippen molar-refractivity contribution >= 4 is 35.1 Å². The van der Waals surface area contributed by atoms with Crippen LogP contribution in [0.25, 0.3) is 0 Å². The molecule has 396 valence electrons. The highest BCUT2D eigenvalue weighted by Crippen LogP contribution is 2.38. The summed E-state index contributed by atoms with van der Waals surface area (Å²) < 4.78 is 29.5. The summed E-state index contributed by atoms with van der Waals surface area (Å²) in [4.78, 5) is 67.3. The van der Waals surface area contributed by atoms with Crippen LogP contribution in [0.15, 0.2) is 47.6 Å². The number of ketones is 2. The lowest BCUT2D eigenvalue weighted by Gasteiger charge is -2.42. The summed E-state index contributed by atoms with van der Waals surface area (Å²) in [7, 11) is 4.62. The van der Waals surface area contributed by atoms with Gasteiger partial charge >= 0.3 is 11.9 Å². The summed E-state index contributed by atoms with van der Waals surface area (Å²) in [6.45, 7) is 12.3. The zero-order valence-corrected chi connectivity index (χ0v) is 43.2. The summed E-state index contributed by atoms with van der Waals surface area (Å²) in [5, 5.41) is 58.0. The van der Waals surface area contributed by atoms with Crippen LogP contribution < -0.4 is 0 Å². The number of aliphatic hydroxyl groups excluding tert-OH is 3. The molecule has 70 heavy (non-hydrogen) atoms. The topological polar surface area (TPSA) is 260 Å². The van der Waals surface area contributed by atoms with Crippen LogP contribution in [0.3, 0.4) is 0 Å². The average molecular weight is 989 g/mol. The van der Waals surface area contributed by atoms with Gasteiger partial charge in [-0.25, -0.2) is 9.59 Å². The second-order valence-corrected chi connectivity index (χ2v) is 20.2. The van der Waals surface area contributed by atoms with Gasteiger partial charge in [0.1, 0.15) is 36.7 Å². The number of hydrogen-bond donors (Lipinski definition) is 6. The Hall–Kier alpha value is -3.94. The van der Waals surface area contributed by atoms with Crippen molar-refractivity contribution in [3.63, 3.8) is 0 Å². The Bertz CT molecular complexity index is 1880. The van der Waals surface area contributed by atoms with Crippen LogP contribution in [0.4, 0.5) is 0 Å². The summed E-state index contributed by atoms with van der Waals surface area (Å²) in [5.74, 6) is -8.45. The number of rotatable bonds is 7. The fourth-order valence-corrected chi connectivity index (χ4v) is 10.2. The lowest BCUT2D eigenvalue weighted by atomic mass is 9.78. The molecule has 0 unspecified atom stereocenters. The number of fused-ring (bicyclic) bond motifs is 3. The van der Waals surface area contributed by atoms with Crippen LogP contribution in [-0.2, 0) is 47.7 Å². The SMILES string of the molecule is CO[C@H]1C[C@@H]2CC[C@@H](C)[C@@](O)(O2)C(=O)C(=O)N2CCCC[C@H]2C(=O)O[C@H]([C@H](C)C[C@@H]2CC[C@@H](O)[C@H](OC)C2)CC(=O)[C@H](C)/C=C(\C)[C@@H](O)[C@@H](OC)C(=N)[C@H](C)C[C@H](C)/C=C/C=C/C=C/1C.O=C(O)CO. The van der Waals surface area contributed by atoms with Crippen molar-refractivity contribution in [3.8, 4) is 0 Å². The molecule has 15 atom stereocenters. The highest BCUT2D eigenvalue weighted by molar-refractivity contribution is 6.39. The number of carboxylic acid groups (broad SMARTS) is 1. The van der Waals surface area contributed by atoms with Crippen LogP contribution in [0.1, 0.15) is 126 Å². The van der Waals surface area contributed by atoms with E-state index in [0.29, 0.717) is 63.4 Å². The van der Waals surface area contributed by atoms with Crippen molar-refractivity contribution < 1.29 is 73.2 Å². The van der Waals surface area contributed by atoms with Crippen molar-refractivity contribution in [1.29, 1.82) is 5.41 Å². The predicted molar refractivity (Wildman–Crippen MR) is 263 cm³/mol. The van der Waals surface area contributed by atoms with E-state index in [1.165, 1.54) is 12.0 Å². The molecular weight excluding hydrogens is 905 g/mol. The van der Waals surface area contributed by atoms with E-state index in [1.807, 2.05) is 45.1 Å². The number of allylic oxidation sites excluding steroid dienone is 6. The lowest BCUT2D eigenvalue weighted by Crippen LogP contribution is -2.61. The third-order valence-corrected chi connectivity index (χ3v) is 14.7. The molecule has 17 heteroatoms. The van der Waals surface area contributed by atoms with Gasteiger partial charge in [-0.15, -0.1) is 0 Å². The Morgan fingerprint density at radius 1 is 0.900 bits per heavy atom. The number of amides is 1. The van der Waals surface area contributed by atoms with Gasteiger partial charge in [-0.1, -0.05) is 71.1 Å². The van der Waals surface area contributed by atoms with Gasteiger partial charge in [-0.3, -0.25) is 14.4 Å². The maximum absolute atomic E-state index is 14.4. The molecule has 0 radical (unpaired) electrons. The van der Waals surface area contributed by atoms with Crippen molar-refractivity contribution in [3.05, 3.63) is 47.6 Å². The standard InChI is InChI=1S/C51H80N2O12.C2H4O3/c1-30-16-12-11-13-17-31(2)42(61-8)28-38-21-19-36(7)51(60,65-38)48(57)49(58)53-23-15-14-18-39(53)50(59)64-43(33(4)26-37-20-22-40(54)44(27-37)62-9)29-41(55)32(3)25-35(6)46(56)47(63-10)45(52)34(5)24-30;3-1-2(4)5/h11-13,16-17,25,30,32-34,36-40,42-44,46-47,52,54,56,60H,14-15,18-24,26-29H2,1-10H3;3H,1H2,(H,4,5)/b13-11+,16-12+,31-17+,35-25+,52-45?;/t30-,32-,33-,34-,36-,37+,38+,39+,40-,42+,43+,44-,46-,47+,51-;/m1./s1. The first-order valence-corrected chi connectivity index (χ1v) is 25.1. The lowest BCUT2D eigenvalue weighted by molar-refractivity contribution is -0.265. The van der Waals surface area contributed by atoms with E-state index in [9.17, 15) is 34.5 Å². The van der Waals surface area contributed by atoms with Gasteiger partial charge < -0.3 is 59.5 Å². The van der Waals surface area contributed by atoms with Gasteiger partial charge in [0.15, 0.2) is 0 Å². The fraction of sp³-hybridized carbons (Fsp3) is 0.736. The second kappa shape index (κ2) is 28.9. The van der Waals surface area contributed by atoms with Gasteiger partial charge in [0.25, 0.3) is 11.7 Å². The molecule has 2 saturated heterocycles. The molecule has 0 aromatic heterocycles. The Balaban J connectivity index is 0.00000246. The molecule has 6 N–H and O–H groups in total. The number of carbonyl (C=O) groups excluding carboxylic acids is 4. The minimum Gasteiger partial charge on any atom is -0.480 e. The fourth-order valence-electron chi connectivity index (χ4n) is 10.2. The Morgan fingerprint density at radius 3 is 2.21 bits per heavy atom. The molecular formula is C53H84N2O15. The number of ether oxygens (including phenoxy) is 5. The zero-order chi connectivity index (χ0) is 52.5. The third-order valence-electron chi connectivity index (χ3n) is 14.7. The number of cyclic esters (lactones) is 1. The molecule has 0 spiro atoms. The van der Waals surface area contributed by atoms with Crippen molar-refractivity contribution in [2.45, 2.75) is 180 Å². The molecule has 3 aliphatic heterocycles. The number of nitrogens with one attached hydrogen (secondary N) is 1. The first-order chi connectivity index (χ1) is 33.0. The van der Waals surface area contributed by atoms with E-state index >= 15 is 0 Å². The number of aliphatic carboxylic acids is 1. The predicted octanol–water partition coefficient (Wildman–Crippen LogP) is 5.69. The molecule has 17 nitrogen and oxygen atoms in total. The van der Waals surface area contributed by atoms with Gasteiger partial charge in [0.05, 0.1) is 24.4 Å². The Morgan fingerprint density at radius 2 is 1.59 bits per heavy atom. The summed E-state index contributed by atoms with van der Waals surface area (Å²) in [6, 6.07) is -1.13. The van der Waals surface area contributed by atoms with Gasteiger partial charge in [-0.2, -0.15) is 0 Å². The second-order valence-electron chi connectivity index (χ2n) is 20.2. The van der Waals surface area contributed by atoms with Crippen molar-refractivity contribution in [2.75, 3.05) is 34.5 Å². The highest BCUT2D eigenvalue weighted by atomic mass is 16.6. The van der Waals surface area contributed by atoms with Gasteiger partial charge in [0, 0.05) is 58.3 Å². The van der Waals surface area contributed by atoms with Crippen LogP contribution in [0.5, 0.6) is 0 Å². The number of aliphatic hydroxyl groups is 4. The monoisotopic (exact) mass is 989 g/mol. The van der Waals surface area contributed by atoms with E-state index in [-0.39, 0.29) is 60.7 Å². The molecule has 4 rings (SSSR count). The maximum atomic E-state index is 14.4. The molecule has 0 aromatic rings.